The fourth-order valence-electron chi connectivity index (χ4n) is 4.20. The van der Waals surface area contributed by atoms with Crippen LogP contribution in [0.5, 0.6) is 0 Å². The molecule has 0 aliphatic carbocycles. The van der Waals surface area contributed by atoms with Crippen molar-refractivity contribution in [3.63, 3.8) is 0 Å². The number of aryl methyl sites for hydroxylation is 1. The van der Waals surface area contributed by atoms with Gasteiger partial charge in [0.2, 0.25) is 11.8 Å². The molecule has 8 nitrogen and oxygen atoms in total. The largest absolute Gasteiger partial charge is 0.322 e. The average Bonchev–Trinajstić information content (AvgIpc) is 3.13. The number of hydrogen-bond donors (Lipinski definition) is 1. The number of sulfone groups is 1. The molecule has 1 fully saturated rings. The number of nitrogens with zero attached hydrogens (tertiary/aromatic N) is 1. The second-order valence-corrected chi connectivity index (χ2v) is 10.5. The van der Waals surface area contributed by atoms with Gasteiger partial charge in [0.15, 0.2) is 15.6 Å². The van der Waals surface area contributed by atoms with E-state index in [2.05, 4.69) is 5.32 Å². The highest BCUT2D eigenvalue weighted by molar-refractivity contribution is 7.91. The van der Waals surface area contributed by atoms with Crippen LogP contribution in [0.25, 0.3) is 0 Å². The lowest BCUT2D eigenvalue weighted by atomic mass is 10.00. The Labute approximate surface area is 191 Å². The van der Waals surface area contributed by atoms with E-state index in [0.29, 0.717) is 24.0 Å². The third-order valence-corrected chi connectivity index (χ3v) is 7.89. The Bertz CT molecular complexity index is 1250. The molecule has 2 aliphatic rings. The van der Waals surface area contributed by atoms with Crippen molar-refractivity contribution in [3.05, 3.63) is 64.7 Å². The van der Waals surface area contributed by atoms with E-state index < -0.39 is 21.8 Å². The van der Waals surface area contributed by atoms with Crippen molar-refractivity contribution < 1.29 is 27.6 Å². The molecule has 2 aliphatic heterocycles. The number of benzene rings is 2. The van der Waals surface area contributed by atoms with Crippen LogP contribution in [-0.4, -0.2) is 48.6 Å². The maximum atomic E-state index is 12.8. The summed E-state index contributed by atoms with van der Waals surface area (Å²) in [5, 5.41) is 2.29. The van der Waals surface area contributed by atoms with E-state index in [9.17, 15) is 27.6 Å². The molecular weight excluding hydrogens is 444 g/mol. The lowest BCUT2D eigenvalue weighted by molar-refractivity contribution is -0.136. The Balaban J connectivity index is 1.41. The molecule has 0 spiro atoms. The molecule has 3 amide bonds. The van der Waals surface area contributed by atoms with Crippen molar-refractivity contribution >= 4 is 33.3 Å². The Hall–Kier alpha value is -3.33. The van der Waals surface area contributed by atoms with Crippen LogP contribution in [0.15, 0.2) is 47.4 Å². The highest BCUT2D eigenvalue weighted by Gasteiger charge is 2.39. The third-order valence-electron chi connectivity index (χ3n) is 6.14. The molecule has 1 atom stereocenters. The monoisotopic (exact) mass is 468 g/mol. The van der Waals surface area contributed by atoms with Crippen molar-refractivity contribution in [3.8, 4) is 0 Å². The van der Waals surface area contributed by atoms with E-state index in [4.69, 9.17) is 0 Å². The van der Waals surface area contributed by atoms with E-state index in [1.807, 2.05) is 6.07 Å². The van der Waals surface area contributed by atoms with Crippen molar-refractivity contribution in [1.82, 2.24) is 10.2 Å². The number of nitrogens with one attached hydrogen (secondary N) is 1. The summed E-state index contributed by atoms with van der Waals surface area (Å²) in [5.41, 5.74) is 2.67. The highest BCUT2D eigenvalue weighted by atomic mass is 32.2. The first-order chi connectivity index (χ1) is 15.7. The van der Waals surface area contributed by atoms with E-state index in [1.165, 1.54) is 29.2 Å². The second-order valence-electron chi connectivity index (χ2n) is 8.24. The van der Waals surface area contributed by atoms with Gasteiger partial charge in [-0.15, -0.1) is 0 Å². The van der Waals surface area contributed by atoms with Crippen molar-refractivity contribution in [2.75, 3.05) is 5.75 Å². The minimum Gasteiger partial charge on any atom is -0.322 e. The first-order valence-electron chi connectivity index (χ1n) is 10.8. The number of carbonyl (C=O) groups is 4. The zero-order valence-electron chi connectivity index (χ0n) is 18.2. The molecule has 1 N–H and O–H groups in total. The summed E-state index contributed by atoms with van der Waals surface area (Å²) in [6.07, 6.45) is 1.22. The number of amides is 3. The zero-order chi connectivity index (χ0) is 23.8. The Morgan fingerprint density at radius 1 is 1.09 bits per heavy atom. The molecule has 0 radical (unpaired) electrons. The molecule has 2 aromatic carbocycles. The maximum absolute atomic E-state index is 12.8. The molecule has 33 heavy (non-hydrogen) atoms. The molecule has 172 valence electrons. The quantitative estimate of drug-likeness (QED) is 0.491. The molecule has 1 unspecified atom stereocenters. The lowest BCUT2D eigenvalue weighted by Gasteiger charge is -2.29. The zero-order valence-corrected chi connectivity index (χ0v) is 19.0. The van der Waals surface area contributed by atoms with Crippen molar-refractivity contribution in [2.24, 2.45) is 0 Å². The predicted octanol–water partition coefficient (Wildman–Crippen LogP) is 2.06. The normalized spacial score (nSPS) is 18.3. The van der Waals surface area contributed by atoms with Crippen LogP contribution < -0.4 is 5.32 Å². The summed E-state index contributed by atoms with van der Waals surface area (Å²) in [5.74, 6) is -1.10. The third kappa shape index (κ3) is 4.59. The van der Waals surface area contributed by atoms with Crippen LogP contribution in [0.4, 0.5) is 0 Å². The summed E-state index contributed by atoms with van der Waals surface area (Å²) in [4.78, 5) is 50.6. The topological polar surface area (TPSA) is 118 Å². The Morgan fingerprint density at radius 3 is 2.48 bits per heavy atom. The summed E-state index contributed by atoms with van der Waals surface area (Å²) in [7, 11) is -3.31. The minimum absolute atomic E-state index is 0.00208. The Kier molecular flexibility index (Phi) is 6.16. The number of ketones is 1. The van der Waals surface area contributed by atoms with Gasteiger partial charge in [-0.25, -0.2) is 8.42 Å². The fraction of sp³-hybridized carbons (Fsp3) is 0.333. The predicted molar refractivity (Wildman–Crippen MR) is 119 cm³/mol. The highest BCUT2D eigenvalue weighted by Crippen LogP contribution is 2.28. The van der Waals surface area contributed by atoms with Crippen molar-refractivity contribution in [2.45, 2.75) is 50.1 Å². The molecule has 0 bridgehead atoms. The van der Waals surface area contributed by atoms with E-state index in [0.717, 1.165) is 11.1 Å². The van der Waals surface area contributed by atoms with Gasteiger partial charge in [0, 0.05) is 30.5 Å². The van der Waals surface area contributed by atoms with Gasteiger partial charge in [-0.2, -0.15) is 0 Å². The van der Waals surface area contributed by atoms with Gasteiger partial charge in [0.05, 0.1) is 10.6 Å². The molecule has 0 saturated carbocycles. The van der Waals surface area contributed by atoms with Crippen molar-refractivity contribution in [1.29, 1.82) is 0 Å². The van der Waals surface area contributed by atoms with E-state index in [1.54, 1.807) is 19.1 Å². The van der Waals surface area contributed by atoms with Gasteiger partial charge in [0.1, 0.15) is 6.04 Å². The molecule has 2 aromatic rings. The van der Waals surface area contributed by atoms with E-state index in [-0.39, 0.29) is 47.6 Å². The lowest BCUT2D eigenvalue weighted by Crippen LogP contribution is -2.52. The van der Waals surface area contributed by atoms with Crippen LogP contribution in [0.1, 0.15) is 58.0 Å². The van der Waals surface area contributed by atoms with Gasteiger partial charge < -0.3 is 4.90 Å². The molecule has 0 aromatic heterocycles. The number of imide groups is 1. The van der Waals surface area contributed by atoms with Gasteiger partial charge in [-0.05, 0) is 42.2 Å². The van der Waals surface area contributed by atoms with Crippen LogP contribution in [0.2, 0.25) is 0 Å². The average molecular weight is 469 g/mol. The first-order valence-corrected chi connectivity index (χ1v) is 12.5. The van der Waals surface area contributed by atoms with Crippen LogP contribution in [-0.2, 0) is 32.4 Å². The number of carbonyl (C=O) groups excluding carboxylic acids is 4. The number of rotatable bonds is 7. The van der Waals surface area contributed by atoms with Gasteiger partial charge in [0.25, 0.3) is 5.91 Å². The van der Waals surface area contributed by atoms with Crippen LogP contribution in [0, 0.1) is 0 Å². The van der Waals surface area contributed by atoms with Gasteiger partial charge in [-0.1, -0.05) is 31.2 Å². The number of hydrogen-bond acceptors (Lipinski definition) is 6. The fourth-order valence-corrected chi connectivity index (χ4v) is 5.08. The summed E-state index contributed by atoms with van der Waals surface area (Å²) in [6, 6.07) is 10.7. The summed E-state index contributed by atoms with van der Waals surface area (Å²) >= 11 is 0. The summed E-state index contributed by atoms with van der Waals surface area (Å²) in [6.45, 7) is 1.86. The molecule has 4 rings (SSSR count). The molecule has 1 saturated heterocycles. The minimum atomic E-state index is -3.31. The molecular formula is C24H24N2O6S. The standard InChI is InChI=1S/C24H24N2O6S/c1-2-33(31,32)18-7-5-16(6-8-18)21(27)11-4-15-3-9-19-17(13-15)14-26(24(19)30)20-10-12-22(28)25-23(20)29/h3,5-9,13,20H,2,4,10-12,14H2,1H3,(H,25,28,29). The molecule has 2 heterocycles. The van der Waals surface area contributed by atoms with E-state index >= 15 is 0 Å². The first kappa shape index (κ1) is 22.8. The SMILES string of the molecule is CCS(=O)(=O)c1ccc(C(=O)CCc2ccc3c(c2)CN(C2CCC(=O)NC2=O)C3=O)cc1. The number of piperidine rings is 1. The van der Waals surface area contributed by atoms with Gasteiger partial charge in [-0.3, -0.25) is 24.5 Å². The Morgan fingerprint density at radius 2 is 1.82 bits per heavy atom. The number of fused-ring (bicyclic) bond motifs is 1. The number of Topliss-reactive ketones (excluding diaryl/α,β-unsaturated/α-hetero) is 1. The summed E-state index contributed by atoms with van der Waals surface area (Å²) < 4.78 is 23.8. The maximum Gasteiger partial charge on any atom is 0.255 e. The molecule has 9 heteroatoms. The van der Waals surface area contributed by atoms with Crippen LogP contribution in [0.3, 0.4) is 0 Å². The van der Waals surface area contributed by atoms with Gasteiger partial charge >= 0.3 is 0 Å². The smallest absolute Gasteiger partial charge is 0.255 e. The second kappa shape index (κ2) is 8.90. The van der Waals surface area contributed by atoms with Crippen LogP contribution >= 0.6 is 0 Å².